The van der Waals surface area contributed by atoms with Crippen molar-refractivity contribution in [2.24, 2.45) is 0 Å². The number of rotatable bonds is 9. The summed E-state index contributed by atoms with van der Waals surface area (Å²) in [5, 5.41) is 3.52. The Labute approximate surface area is 196 Å². The monoisotopic (exact) mass is 482 g/mol. The maximum absolute atomic E-state index is 13.7. The van der Waals surface area contributed by atoms with Crippen molar-refractivity contribution in [2.45, 2.75) is 36.1 Å². The summed E-state index contributed by atoms with van der Waals surface area (Å²) in [6, 6.07) is 12.9. The SMILES string of the molecule is CCCCOc1cc(F)ccc1S(=O)(=O)c1ccc(CNC(=O)c2cc3ccncc3o2)cc1. The summed E-state index contributed by atoms with van der Waals surface area (Å²) in [4.78, 5) is 16.3. The van der Waals surface area contributed by atoms with Gasteiger partial charge in [0.05, 0.1) is 17.7 Å². The molecule has 1 N–H and O–H groups in total. The lowest BCUT2D eigenvalue weighted by Crippen LogP contribution is -2.22. The van der Waals surface area contributed by atoms with Gasteiger partial charge in [0.1, 0.15) is 16.5 Å². The minimum absolute atomic E-state index is 0.00850. The fourth-order valence-corrected chi connectivity index (χ4v) is 4.70. The molecule has 2 heterocycles. The van der Waals surface area contributed by atoms with Gasteiger partial charge in [-0.15, -0.1) is 0 Å². The molecular weight excluding hydrogens is 459 g/mol. The number of carbonyl (C=O) groups excluding carboxylic acids is 1. The number of nitrogens with one attached hydrogen (secondary N) is 1. The highest BCUT2D eigenvalue weighted by molar-refractivity contribution is 7.91. The minimum Gasteiger partial charge on any atom is -0.492 e. The number of benzene rings is 2. The van der Waals surface area contributed by atoms with Crippen molar-refractivity contribution in [2.75, 3.05) is 6.61 Å². The van der Waals surface area contributed by atoms with Gasteiger partial charge in [-0.3, -0.25) is 9.78 Å². The zero-order chi connectivity index (χ0) is 24.1. The number of pyridine rings is 1. The second-order valence-electron chi connectivity index (χ2n) is 7.65. The van der Waals surface area contributed by atoms with Crippen LogP contribution in [0.1, 0.15) is 35.9 Å². The van der Waals surface area contributed by atoms with Gasteiger partial charge in [-0.1, -0.05) is 25.5 Å². The fourth-order valence-electron chi connectivity index (χ4n) is 3.32. The van der Waals surface area contributed by atoms with Gasteiger partial charge in [-0.05, 0) is 48.4 Å². The van der Waals surface area contributed by atoms with E-state index in [1.54, 1.807) is 30.5 Å². The lowest BCUT2D eigenvalue weighted by molar-refractivity contribution is 0.0925. The first-order valence-corrected chi connectivity index (χ1v) is 12.2. The summed E-state index contributed by atoms with van der Waals surface area (Å²) in [6.45, 7) is 2.45. The second kappa shape index (κ2) is 10.0. The van der Waals surface area contributed by atoms with Gasteiger partial charge in [0.25, 0.3) is 5.91 Å². The third-order valence-electron chi connectivity index (χ3n) is 5.18. The molecule has 0 saturated carbocycles. The molecule has 2 aromatic heterocycles. The van der Waals surface area contributed by atoms with E-state index in [2.05, 4.69) is 10.3 Å². The van der Waals surface area contributed by atoms with E-state index in [0.29, 0.717) is 17.8 Å². The Morgan fingerprint density at radius 1 is 1.12 bits per heavy atom. The maximum Gasteiger partial charge on any atom is 0.287 e. The molecule has 0 aliphatic heterocycles. The van der Waals surface area contributed by atoms with Gasteiger partial charge in [0.15, 0.2) is 11.3 Å². The standard InChI is InChI=1S/C25H23FN2O5S/c1-2-3-12-32-21-14-19(26)6-9-24(21)34(30,31)20-7-4-17(5-8-20)15-28-25(29)22-13-18-10-11-27-16-23(18)33-22/h4-11,13-14,16H,2-3,12,15H2,1H3,(H,28,29). The predicted octanol–water partition coefficient (Wildman–Crippen LogP) is 4.91. The summed E-state index contributed by atoms with van der Waals surface area (Å²) < 4.78 is 51.1. The van der Waals surface area contributed by atoms with Crippen molar-refractivity contribution in [3.05, 3.63) is 84.1 Å². The van der Waals surface area contributed by atoms with Gasteiger partial charge in [0, 0.05) is 24.2 Å². The van der Waals surface area contributed by atoms with Crippen LogP contribution in [0.15, 0.2) is 81.2 Å². The molecule has 0 unspecified atom stereocenters. The van der Waals surface area contributed by atoms with Gasteiger partial charge in [-0.2, -0.15) is 0 Å². The van der Waals surface area contributed by atoms with E-state index in [-0.39, 0.29) is 27.8 Å². The van der Waals surface area contributed by atoms with E-state index in [9.17, 15) is 17.6 Å². The number of hydrogen-bond acceptors (Lipinski definition) is 6. The molecule has 4 aromatic rings. The molecule has 0 fully saturated rings. The van der Waals surface area contributed by atoms with Crippen LogP contribution in [0, 0.1) is 5.82 Å². The minimum atomic E-state index is -3.93. The molecule has 9 heteroatoms. The Hall–Kier alpha value is -3.72. The molecule has 7 nitrogen and oxygen atoms in total. The molecule has 0 aliphatic rings. The number of aromatic nitrogens is 1. The van der Waals surface area contributed by atoms with Gasteiger partial charge in [0.2, 0.25) is 9.84 Å². The van der Waals surface area contributed by atoms with E-state index in [1.165, 1.54) is 24.4 Å². The van der Waals surface area contributed by atoms with E-state index in [0.717, 1.165) is 30.4 Å². The first-order valence-electron chi connectivity index (χ1n) is 10.8. The first kappa shape index (κ1) is 23.4. The highest BCUT2D eigenvalue weighted by atomic mass is 32.2. The average Bonchev–Trinajstić information content (AvgIpc) is 3.27. The molecule has 34 heavy (non-hydrogen) atoms. The number of amides is 1. The normalized spacial score (nSPS) is 11.5. The van der Waals surface area contributed by atoms with Crippen molar-refractivity contribution in [3.63, 3.8) is 0 Å². The predicted molar refractivity (Wildman–Crippen MR) is 124 cm³/mol. The van der Waals surface area contributed by atoms with Crippen LogP contribution in [0.25, 0.3) is 11.0 Å². The van der Waals surface area contributed by atoms with Crippen LogP contribution in [0.5, 0.6) is 5.75 Å². The number of carbonyl (C=O) groups is 1. The van der Waals surface area contributed by atoms with E-state index < -0.39 is 21.6 Å². The maximum atomic E-state index is 13.7. The number of unbranched alkanes of at least 4 members (excludes halogenated alkanes) is 1. The van der Waals surface area contributed by atoms with Crippen LogP contribution in [0.2, 0.25) is 0 Å². The highest BCUT2D eigenvalue weighted by Gasteiger charge is 2.23. The highest BCUT2D eigenvalue weighted by Crippen LogP contribution is 2.30. The summed E-state index contributed by atoms with van der Waals surface area (Å²) in [6.07, 6.45) is 4.73. The molecule has 1 amide bonds. The van der Waals surface area contributed by atoms with E-state index >= 15 is 0 Å². The molecule has 0 spiro atoms. The third kappa shape index (κ3) is 5.09. The number of furan rings is 1. The van der Waals surface area contributed by atoms with Crippen molar-refractivity contribution in [1.29, 1.82) is 0 Å². The molecule has 176 valence electrons. The fraction of sp³-hybridized carbons (Fsp3) is 0.200. The zero-order valence-corrected chi connectivity index (χ0v) is 19.3. The second-order valence-corrected chi connectivity index (χ2v) is 9.57. The molecule has 2 aromatic carbocycles. The van der Waals surface area contributed by atoms with Crippen LogP contribution in [-0.2, 0) is 16.4 Å². The first-order chi connectivity index (χ1) is 16.4. The van der Waals surface area contributed by atoms with Gasteiger partial charge >= 0.3 is 0 Å². The Morgan fingerprint density at radius 2 is 1.91 bits per heavy atom. The zero-order valence-electron chi connectivity index (χ0n) is 18.5. The topological polar surface area (TPSA) is 98.5 Å². The van der Waals surface area contributed by atoms with Crippen LogP contribution in [0.3, 0.4) is 0 Å². The summed E-state index contributed by atoms with van der Waals surface area (Å²) in [7, 11) is -3.93. The number of halogens is 1. The summed E-state index contributed by atoms with van der Waals surface area (Å²) >= 11 is 0. The van der Waals surface area contributed by atoms with Gasteiger partial charge < -0.3 is 14.5 Å². The Kier molecular flexibility index (Phi) is 6.93. The van der Waals surface area contributed by atoms with Crippen molar-refractivity contribution >= 4 is 26.7 Å². The van der Waals surface area contributed by atoms with Crippen molar-refractivity contribution in [1.82, 2.24) is 10.3 Å². The number of ether oxygens (including phenoxy) is 1. The lowest BCUT2D eigenvalue weighted by atomic mass is 10.2. The quantitative estimate of drug-likeness (QED) is 0.269. The Balaban J connectivity index is 1.47. The van der Waals surface area contributed by atoms with Crippen molar-refractivity contribution in [3.8, 4) is 5.75 Å². The van der Waals surface area contributed by atoms with Crippen LogP contribution < -0.4 is 10.1 Å². The van der Waals surface area contributed by atoms with E-state index in [4.69, 9.17) is 9.15 Å². The third-order valence-corrected chi connectivity index (χ3v) is 6.99. The van der Waals surface area contributed by atoms with Crippen LogP contribution >= 0.6 is 0 Å². The molecule has 0 saturated heterocycles. The smallest absolute Gasteiger partial charge is 0.287 e. The molecule has 4 rings (SSSR count). The van der Waals surface area contributed by atoms with Crippen LogP contribution in [-0.4, -0.2) is 25.9 Å². The molecule has 0 atom stereocenters. The summed E-state index contributed by atoms with van der Waals surface area (Å²) in [5.74, 6) is -0.815. The number of nitrogens with zero attached hydrogens (tertiary/aromatic N) is 1. The molecular formula is C25H23FN2O5S. The van der Waals surface area contributed by atoms with Crippen LogP contribution in [0.4, 0.5) is 4.39 Å². The van der Waals surface area contributed by atoms with Gasteiger partial charge in [-0.25, -0.2) is 12.8 Å². The summed E-state index contributed by atoms with van der Waals surface area (Å²) in [5.41, 5.74) is 1.21. The lowest BCUT2D eigenvalue weighted by Gasteiger charge is -2.12. The largest absolute Gasteiger partial charge is 0.492 e. The Bertz CT molecular complexity index is 1380. The molecule has 0 bridgehead atoms. The average molecular weight is 483 g/mol. The van der Waals surface area contributed by atoms with Crippen molar-refractivity contribution < 1.29 is 26.8 Å². The molecule has 0 radical (unpaired) electrons. The molecule has 0 aliphatic carbocycles. The van der Waals surface area contributed by atoms with E-state index in [1.807, 2.05) is 6.92 Å². The Morgan fingerprint density at radius 3 is 2.65 bits per heavy atom. The number of sulfone groups is 1. The number of fused-ring (bicyclic) bond motifs is 1. The number of hydrogen-bond donors (Lipinski definition) is 1.